The molecule has 2 unspecified atom stereocenters. The van der Waals surface area contributed by atoms with Gasteiger partial charge < -0.3 is 14.2 Å². The van der Waals surface area contributed by atoms with Crippen molar-refractivity contribution < 1.29 is 8.83 Å². The highest BCUT2D eigenvalue weighted by Crippen LogP contribution is 2.44. The van der Waals surface area contributed by atoms with Crippen LogP contribution in [0.1, 0.15) is 29.0 Å². The number of furan rings is 2. The Morgan fingerprint density at radius 3 is 2.14 bits per heavy atom. The fourth-order valence-electron chi connectivity index (χ4n) is 7.81. The number of para-hydroxylation sites is 2. The SMILES string of the molecule is c1ccc(C2N=C(c3cccc4oc5ccccc5c34)NC(c3ccc4oc5c(-c6cccc7c6sc6ccccc67)cccc5c4c3)N2)cc1. The van der Waals surface area contributed by atoms with E-state index in [9.17, 15) is 0 Å². The molecular formula is C45H29N3O2S. The summed E-state index contributed by atoms with van der Waals surface area (Å²) in [7, 11) is 0. The van der Waals surface area contributed by atoms with Crippen molar-refractivity contribution >= 4 is 81.2 Å². The van der Waals surface area contributed by atoms with E-state index >= 15 is 0 Å². The van der Waals surface area contributed by atoms with Crippen LogP contribution in [0.4, 0.5) is 0 Å². The van der Waals surface area contributed by atoms with Gasteiger partial charge in [0, 0.05) is 58.4 Å². The molecule has 4 heterocycles. The highest BCUT2D eigenvalue weighted by molar-refractivity contribution is 7.26. The normalized spacial score (nSPS) is 16.4. The molecule has 0 aliphatic carbocycles. The number of hydrogen-bond acceptors (Lipinski definition) is 6. The monoisotopic (exact) mass is 675 g/mol. The van der Waals surface area contributed by atoms with E-state index in [4.69, 9.17) is 13.8 Å². The fraction of sp³-hybridized carbons (Fsp3) is 0.0444. The van der Waals surface area contributed by atoms with Crippen LogP contribution in [0.2, 0.25) is 0 Å². The molecule has 0 saturated heterocycles. The summed E-state index contributed by atoms with van der Waals surface area (Å²) in [6.45, 7) is 0. The highest BCUT2D eigenvalue weighted by Gasteiger charge is 2.28. The van der Waals surface area contributed by atoms with Gasteiger partial charge >= 0.3 is 0 Å². The van der Waals surface area contributed by atoms with E-state index in [2.05, 4.69) is 132 Å². The molecule has 0 radical (unpaired) electrons. The van der Waals surface area contributed by atoms with E-state index < -0.39 is 0 Å². The smallest absolute Gasteiger partial charge is 0.143 e. The van der Waals surface area contributed by atoms with Gasteiger partial charge in [0.05, 0.1) is 0 Å². The van der Waals surface area contributed by atoms with Crippen LogP contribution in [0.3, 0.4) is 0 Å². The lowest BCUT2D eigenvalue weighted by molar-refractivity contribution is 0.409. The molecule has 242 valence electrons. The van der Waals surface area contributed by atoms with E-state index in [1.165, 1.54) is 25.7 Å². The number of hydrogen-bond donors (Lipinski definition) is 2. The molecule has 1 aliphatic heterocycles. The van der Waals surface area contributed by atoms with Crippen LogP contribution < -0.4 is 10.6 Å². The molecule has 51 heavy (non-hydrogen) atoms. The van der Waals surface area contributed by atoms with E-state index in [1.807, 2.05) is 41.7 Å². The summed E-state index contributed by atoms with van der Waals surface area (Å²) in [6.07, 6.45) is -0.480. The molecule has 5 nitrogen and oxygen atoms in total. The third kappa shape index (κ3) is 4.47. The molecular weight excluding hydrogens is 647 g/mol. The first-order valence-corrected chi connectivity index (χ1v) is 18.0. The quantitative estimate of drug-likeness (QED) is 0.195. The molecule has 10 aromatic rings. The summed E-state index contributed by atoms with van der Waals surface area (Å²) >= 11 is 1.84. The zero-order valence-electron chi connectivity index (χ0n) is 27.3. The second kappa shape index (κ2) is 11.2. The van der Waals surface area contributed by atoms with Crippen molar-refractivity contribution in [2.45, 2.75) is 12.3 Å². The van der Waals surface area contributed by atoms with Crippen molar-refractivity contribution in [3.63, 3.8) is 0 Å². The molecule has 2 N–H and O–H groups in total. The van der Waals surface area contributed by atoms with E-state index in [-0.39, 0.29) is 12.3 Å². The summed E-state index contributed by atoms with van der Waals surface area (Å²) in [5.74, 6) is 0.820. The van der Waals surface area contributed by atoms with Gasteiger partial charge in [0.1, 0.15) is 40.5 Å². The van der Waals surface area contributed by atoms with Crippen molar-refractivity contribution in [2.75, 3.05) is 0 Å². The van der Waals surface area contributed by atoms with Crippen LogP contribution in [0, 0.1) is 0 Å². The molecule has 2 atom stereocenters. The van der Waals surface area contributed by atoms with Gasteiger partial charge in [-0.3, -0.25) is 5.32 Å². The molecule has 1 aliphatic rings. The molecule has 11 rings (SSSR count). The maximum Gasteiger partial charge on any atom is 0.143 e. The van der Waals surface area contributed by atoms with Crippen molar-refractivity contribution in [1.29, 1.82) is 0 Å². The summed E-state index contributed by atoms with van der Waals surface area (Å²) in [4.78, 5) is 5.26. The minimum Gasteiger partial charge on any atom is -0.456 e. The molecule has 0 saturated carbocycles. The number of thiophene rings is 1. The Kier molecular flexibility index (Phi) is 6.26. The van der Waals surface area contributed by atoms with Gasteiger partial charge in [0.25, 0.3) is 0 Å². The van der Waals surface area contributed by atoms with Crippen LogP contribution in [-0.2, 0) is 0 Å². The van der Waals surface area contributed by atoms with Crippen LogP contribution in [0.5, 0.6) is 0 Å². The Morgan fingerprint density at radius 1 is 0.510 bits per heavy atom. The van der Waals surface area contributed by atoms with Gasteiger partial charge in [-0.25, -0.2) is 4.99 Å². The van der Waals surface area contributed by atoms with Crippen molar-refractivity contribution in [3.8, 4) is 11.1 Å². The second-order valence-corrected chi connectivity index (χ2v) is 14.2. The van der Waals surface area contributed by atoms with Gasteiger partial charge in [-0.05, 0) is 41.5 Å². The summed E-state index contributed by atoms with van der Waals surface area (Å²) in [5, 5.41) is 14.5. The van der Waals surface area contributed by atoms with E-state index in [0.29, 0.717) is 0 Å². The molecule has 0 bridgehead atoms. The van der Waals surface area contributed by atoms with E-state index in [1.54, 1.807) is 0 Å². The zero-order chi connectivity index (χ0) is 33.5. The Bertz CT molecular complexity index is 3010. The molecule has 7 aromatic carbocycles. The third-order valence-corrected chi connectivity index (χ3v) is 11.4. The van der Waals surface area contributed by atoms with Crippen molar-refractivity contribution in [1.82, 2.24) is 10.6 Å². The van der Waals surface area contributed by atoms with Gasteiger partial charge in [-0.15, -0.1) is 11.3 Å². The Labute approximate surface area is 296 Å². The lowest BCUT2D eigenvalue weighted by atomic mass is 9.99. The summed E-state index contributed by atoms with van der Waals surface area (Å²) in [6, 6.07) is 53.1. The molecule has 0 spiro atoms. The lowest BCUT2D eigenvalue weighted by Crippen LogP contribution is -2.45. The largest absolute Gasteiger partial charge is 0.456 e. The van der Waals surface area contributed by atoms with Gasteiger partial charge in [0.2, 0.25) is 0 Å². The summed E-state index contributed by atoms with van der Waals surface area (Å²) in [5.41, 5.74) is 8.99. The first kappa shape index (κ1) is 28.6. The number of amidine groups is 1. The van der Waals surface area contributed by atoms with Crippen molar-refractivity contribution in [3.05, 3.63) is 168 Å². The standard InChI is InChI=1S/C45H29N3O2S/c1-2-11-26(12-3-1)43-46-44(48-45(47-43)34-19-10-21-38-40(34)33-14-4-6-20-36(33)49-38)27-23-24-37-35(25-27)30-16-8-15-29(41(30)50-37)32-18-9-17-31-28-13-5-7-22-39(28)51-42(31)32/h1-25,43-44,46H,(H,47,48). The number of aliphatic imine (C=N–C) groups is 1. The number of benzene rings is 7. The maximum absolute atomic E-state index is 6.69. The minimum atomic E-state index is -0.258. The molecule has 0 fully saturated rings. The average molecular weight is 676 g/mol. The first-order chi connectivity index (χ1) is 25.3. The average Bonchev–Trinajstić information content (AvgIpc) is 3.89. The van der Waals surface area contributed by atoms with E-state index in [0.717, 1.165) is 72.0 Å². The van der Waals surface area contributed by atoms with Gasteiger partial charge in [-0.1, -0.05) is 121 Å². The minimum absolute atomic E-state index is 0.221. The maximum atomic E-state index is 6.69. The first-order valence-electron chi connectivity index (χ1n) is 17.2. The van der Waals surface area contributed by atoms with Crippen LogP contribution in [0.25, 0.3) is 75.2 Å². The predicted molar refractivity (Wildman–Crippen MR) is 210 cm³/mol. The number of fused-ring (bicyclic) bond motifs is 9. The summed E-state index contributed by atoms with van der Waals surface area (Å²) < 4.78 is 15.5. The second-order valence-electron chi connectivity index (χ2n) is 13.1. The van der Waals surface area contributed by atoms with Crippen LogP contribution in [-0.4, -0.2) is 5.84 Å². The highest BCUT2D eigenvalue weighted by atomic mass is 32.1. The van der Waals surface area contributed by atoms with Crippen LogP contribution in [0.15, 0.2) is 165 Å². The van der Waals surface area contributed by atoms with Crippen LogP contribution >= 0.6 is 11.3 Å². The third-order valence-electron chi connectivity index (χ3n) is 10.2. The number of nitrogens with zero attached hydrogens (tertiary/aromatic N) is 1. The Morgan fingerprint density at radius 2 is 1.22 bits per heavy atom. The zero-order valence-corrected chi connectivity index (χ0v) is 28.1. The fourth-order valence-corrected chi connectivity index (χ4v) is 9.04. The lowest BCUT2D eigenvalue weighted by Gasteiger charge is -2.32. The molecule has 3 aromatic heterocycles. The van der Waals surface area contributed by atoms with Gasteiger partial charge in [0.15, 0.2) is 0 Å². The topological polar surface area (TPSA) is 62.7 Å². The molecule has 0 amide bonds. The van der Waals surface area contributed by atoms with Gasteiger partial charge in [-0.2, -0.15) is 0 Å². The number of rotatable bonds is 4. The Balaban J connectivity index is 1.05. The molecule has 6 heteroatoms. The predicted octanol–water partition coefficient (Wildman–Crippen LogP) is 11.9. The Hall–Kier alpha value is -6.21. The number of nitrogens with one attached hydrogen (secondary N) is 2. The van der Waals surface area contributed by atoms with Crippen molar-refractivity contribution in [2.24, 2.45) is 4.99 Å².